The number of urea groups is 1. The van der Waals surface area contributed by atoms with Crippen LogP contribution in [0, 0.1) is 12.3 Å². The van der Waals surface area contributed by atoms with Crippen LogP contribution in [-0.4, -0.2) is 65.7 Å². The molecule has 0 aromatic heterocycles. The van der Waals surface area contributed by atoms with Gasteiger partial charge in [-0.1, -0.05) is 19.8 Å². The molecule has 6 heteroatoms. The van der Waals surface area contributed by atoms with E-state index in [-0.39, 0.29) is 19.1 Å². The highest BCUT2D eigenvalue weighted by atomic mass is 16.4. The zero-order valence-corrected chi connectivity index (χ0v) is 13.3. The average Bonchev–Trinajstić information content (AvgIpc) is 2.42. The van der Waals surface area contributed by atoms with E-state index in [1.807, 2.05) is 6.92 Å². The van der Waals surface area contributed by atoms with Gasteiger partial charge in [0.2, 0.25) is 0 Å². The highest BCUT2D eigenvalue weighted by Crippen LogP contribution is 2.01. The summed E-state index contributed by atoms with van der Waals surface area (Å²) in [5, 5.41) is 11.5. The van der Waals surface area contributed by atoms with Crippen molar-refractivity contribution in [2.24, 2.45) is 0 Å². The van der Waals surface area contributed by atoms with Gasteiger partial charge in [-0.05, 0) is 39.4 Å². The third-order valence-corrected chi connectivity index (χ3v) is 3.27. The summed E-state index contributed by atoms with van der Waals surface area (Å²) in [4.78, 5) is 26.1. The molecule has 2 amide bonds. The van der Waals surface area contributed by atoms with E-state index in [4.69, 9.17) is 11.5 Å². The van der Waals surface area contributed by atoms with Crippen LogP contribution in [0.5, 0.6) is 0 Å². The number of aliphatic carboxylic acids is 1. The summed E-state index contributed by atoms with van der Waals surface area (Å²) in [5.74, 6) is 1.22. The van der Waals surface area contributed by atoms with E-state index in [9.17, 15) is 9.59 Å². The molecule has 1 atom stereocenters. The van der Waals surface area contributed by atoms with Crippen molar-refractivity contribution in [3.63, 3.8) is 0 Å². The molecule has 0 aromatic rings. The van der Waals surface area contributed by atoms with Crippen LogP contribution in [-0.2, 0) is 4.79 Å². The molecule has 120 valence electrons. The van der Waals surface area contributed by atoms with Gasteiger partial charge >= 0.3 is 12.0 Å². The molecule has 0 radical (unpaired) electrons. The molecule has 1 unspecified atom stereocenters. The molecule has 6 nitrogen and oxygen atoms in total. The molecule has 0 bridgehead atoms. The number of nitrogens with zero attached hydrogens (tertiary/aromatic N) is 2. The number of carboxylic acid groups (broad SMARTS) is 1. The Balaban J connectivity index is 4.16. The number of rotatable bonds is 10. The first kappa shape index (κ1) is 19.3. The number of hydrogen-bond acceptors (Lipinski definition) is 3. The predicted octanol–water partition coefficient (Wildman–Crippen LogP) is 1.23. The SMILES string of the molecule is C#CCN(CC(=O)O)C(=O)NC(C)CCCN(CC)CC. The first-order valence-electron chi connectivity index (χ1n) is 7.37. The van der Waals surface area contributed by atoms with Crippen LogP contribution >= 0.6 is 0 Å². The van der Waals surface area contributed by atoms with E-state index in [1.165, 1.54) is 0 Å². The summed E-state index contributed by atoms with van der Waals surface area (Å²) in [7, 11) is 0. The summed E-state index contributed by atoms with van der Waals surface area (Å²) in [6.07, 6.45) is 6.98. The average molecular weight is 297 g/mol. The van der Waals surface area contributed by atoms with Gasteiger partial charge < -0.3 is 20.2 Å². The van der Waals surface area contributed by atoms with Gasteiger partial charge in [-0.2, -0.15) is 0 Å². The van der Waals surface area contributed by atoms with E-state index in [2.05, 4.69) is 30.0 Å². The third kappa shape index (κ3) is 8.92. The first-order valence-corrected chi connectivity index (χ1v) is 7.37. The minimum absolute atomic E-state index is 0.00962. The fourth-order valence-electron chi connectivity index (χ4n) is 2.01. The molecule has 0 spiro atoms. The molecular weight excluding hydrogens is 270 g/mol. The number of carbonyl (C=O) groups excluding carboxylic acids is 1. The molecule has 0 aliphatic heterocycles. The standard InChI is InChI=1S/C15H27N3O3/c1-5-10-18(12-14(19)20)15(21)16-13(4)9-8-11-17(6-2)7-3/h1,13H,6-12H2,2-4H3,(H,16,21)(H,19,20). The van der Waals surface area contributed by atoms with Crippen molar-refractivity contribution in [2.45, 2.75) is 39.7 Å². The minimum atomic E-state index is -1.07. The van der Waals surface area contributed by atoms with Crippen molar-refractivity contribution in [3.8, 4) is 12.3 Å². The molecule has 0 fully saturated rings. The van der Waals surface area contributed by atoms with Crippen molar-refractivity contribution < 1.29 is 14.7 Å². The maximum atomic E-state index is 11.9. The van der Waals surface area contributed by atoms with E-state index in [0.717, 1.165) is 37.4 Å². The largest absolute Gasteiger partial charge is 0.480 e. The lowest BCUT2D eigenvalue weighted by molar-refractivity contribution is -0.137. The third-order valence-electron chi connectivity index (χ3n) is 3.27. The number of amides is 2. The van der Waals surface area contributed by atoms with E-state index in [0.29, 0.717) is 0 Å². The van der Waals surface area contributed by atoms with Gasteiger partial charge in [-0.25, -0.2) is 4.79 Å². The smallest absolute Gasteiger partial charge is 0.323 e. The summed E-state index contributed by atoms with van der Waals surface area (Å²) >= 11 is 0. The van der Waals surface area contributed by atoms with Crippen molar-refractivity contribution in [3.05, 3.63) is 0 Å². The van der Waals surface area contributed by atoms with Gasteiger partial charge in [0.1, 0.15) is 6.54 Å². The zero-order valence-electron chi connectivity index (χ0n) is 13.3. The fraction of sp³-hybridized carbons (Fsp3) is 0.733. The molecule has 0 saturated heterocycles. The molecule has 0 heterocycles. The normalized spacial score (nSPS) is 11.8. The van der Waals surface area contributed by atoms with Gasteiger partial charge in [0, 0.05) is 6.04 Å². The first-order chi connectivity index (χ1) is 9.94. The van der Waals surface area contributed by atoms with Gasteiger partial charge in [0.25, 0.3) is 0 Å². The van der Waals surface area contributed by atoms with Crippen LogP contribution in [0.1, 0.15) is 33.6 Å². The van der Waals surface area contributed by atoms with Crippen LogP contribution in [0.25, 0.3) is 0 Å². The highest BCUT2D eigenvalue weighted by molar-refractivity contribution is 5.80. The maximum Gasteiger partial charge on any atom is 0.323 e. The van der Waals surface area contributed by atoms with Crippen molar-refractivity contribution in [1.82, 2.24) is 15.1 Å². The van der Waals surface area contributed by atoms with Crippen LogP contribution < -0.4 is 5.32 Å². The van der Waals surface area contributed by atoms with Gasteiger partial charge in [0.05, 0.1) is 6.54 Å². The Labute approximate surface area is 127 Å². The summed E-state index contributed by atoms with van der Waals surface area (Å²) < 4.78 is 0. The predicted molar refractivity (Wildman–Crippen MR) is 83.1 cm³/mol. The van der Waals surface area contributed by atoms with Gasteiger partial charge in [-0.3, -0.25) is 4.79 Å². The highest BCUT2D eigenvalue weighted by Gasteiger charge is 2.17. The Morgan fingerprint density at radius 3 is 2.43 bits per heavy atom. The van der Waals surface area contributed by atoms with E-state index >= 15 is 0 Å². The summed E-state index contributed by atoms with van der Waals surface area (Å²) in [6, 6.07) is -0.437. The second kappa shape index (κ2) is 11.0. The number of hydrogen-bond donors (Lipinski definition) is 2. The lowest BCUT2D eigenvalue weighted by atomic mass is 10.2. The number of carbonyl (C=O) groups is 2. The number of nitrogens with one attached hydrogen (secondary N) is 1. The second-order valence-electron chi connectivity index (χ2n) is 4.97. The number of terminal acetylenes is 1. The summed E-state index contributed by atoms with van der Waals surface area (Å²) in [6.45, 7) is 8.80. The Bertz CT molecular complexity index is 362. The Hall–Kier alpha value is -1.74. The Kier molecular flexibility index (Phi) is 10.1. The minimum Gasteiger partial charge on any atom is -0.480 e. The molecule has 0 aromatic carbocycles. The molecule has 0 aliphatic carbocycles. The van der Waals surface area contributed by atoms with Crippen molar-refractivity contribution in [2.75, 3.05) is 32.7 Å². The molecular formula is C15H27N3O3. The van der Waals surface area contributed by atoms with Crippen molar-refractivity contribution >= 4 is 12.0 Å². The lowest BCUT2D eigenvalue weighted by Gasteiger charge is -2.23. The van der Waals surface area contributed by atoms with Crippen molar-refractivity contribution in [1.29, 1.82) is 0 Å². The Morgan fingerprint density at radius 2 is 1.95 bits per heavy atom. The van der Waals surface area contributed by atoms with Crippen LogP contribution in [0.2, 0.25) is 0 Å². The molecule has 2 N–H and O–H groups in total. The quantitative estimate of drug-likeness (QED) is 0.595. The fourth-order valence-corrected chi connectivity index (χ4v) is 2.01. The Morgan fingerprint density at radius 1 is 1.33 bits per heavy atom. The van der Waals surface area contributed by atoms with E-state index < -0.39 is 12.0 Å². The molecule has 0 aliphatic rings. The summed E-state index contributed by atoms with van der Waals surface area (Å²) in [5.41, 5.74) is 0. The maximum absolute atomic E-state index is 11.9. The molecule has 21 heavy (non-hydrogen) atoms. The van der Waals surface area contributed by atoms with Crippen LogP contribution in [0.4, 0.5) is 4.79 Å². The second-order valence-corrected chi connectivity index (χ2v) is 4.97. The molecule has 0 saturated carbocycles. The van der Waals surface area contributed by atoms with Crippen LogP contribution in [0.15, 0.2) is 0 Å². The molecule has 0 rings (SSSR count). The zero-order chi connectivity index (χ0) is 16.3. The lowest BCUT2D eigenvalue weighted by Crippen LogP contribution is -2.46. The van der Waals surface area contributed by atoms with E-state index in [1.54, 1.807) is 0 Å². The topological polar surface area (TPSA) is 72.9 Å². The van der Waals surface area contributed by atoms with Crippen LogP contribution in [0.3, 0.4) is 0 Å². The van der Waals surface area contributed by atoms with Gasteiger partial charge in [-0.15, -0.1) is 6.42 Å². The van der Waals surface area contributed by atoms with Gasteiger partial charge in [0.15, 0.2) is 0 Å². The monoisotopic (exact) mass is 297 g/mol. The number of carboxylic acids is 1.